The van der Waals surface area contributed by atoms with E-state index in [-0.39, 0.29) is 5.92 Å². The summed E-state index contributed by atoms with van der Waals surface area (Å²) in [5.41, 5.74) is 1.26. The molecule has 3 fully saturated rings. The van der Waals surface area contributed by atoms with Crippen LogP contribution in [0.5, 0.6) is 0 Å². The summed E-state index contributed by atoms with van der Waals surface area (Å²) in [6.07, 6.45) is 3.72. The Labute approximate surface area is 130 Å². The molecule has 1 aromatic rings. The second-order valence-corrected chi connectivity index (χ2v) is 7.03. The summed E-state index contributed by atoms with van der Waals surface area (Å²) in [6.45, 7) is 3.96. The van der Waals surface area contributed by atoms with Crippen LogP contribution < -0.4 is 0 Å². The largest absolute Gasteiger partial charge is 0.340 e. The van der Waals surface area contributed by atoms with Crippen LogP contribution in [0.4, 0.5) is 0 Å². The summed E-state index contributed by atoms with van der Waals surface area (Å²) in [5.74, 6) is 0.986. The molecule has 0 spiro atoms. The standard InChI is InChI=1S/C17H21ClN2O/c18-13-3-1-12(2-4-13)15-11-16(15)17(21)20-9-7-19(8-10-20)14-5-6-14/h1-4,14-16H,5-11H2/t15-,16-/m0/s1. The molecule has 1 saturated heterocycles. The highest BCUT2D eigenvalue weighted by molar-refractivity contribution is 6.30. The first-order valence-corrected chi connectivity index (χ1v) is 8.38. The zero-order chi connectivity index (χ0) is 14.4. The molecule has 4 rings (SSSR count). The summed E-state index contributed by atoms with van der Waals surface area (Å²) >= 11 is 5.92. The van der Waals surface area contributed by atoms with Gasteiger partial charge in [-0.05, 0) is 42.9 Å². The Hall–Kier alpha value is -1.06. The van der Waals surface area contributed by atoms with Crippen LogP contribution in [0.25, 0.3) is 0 Å². The second kappa shape index (κ2) is 5.29. The molecule has 3 nitrogen and oxygen atoms in total. The maximum absolute atomic E-state index is 12.6. The summed E-state index contributed by atoms with van der Waals surface area (Å²) in [5, 5.41) is 0.762. The van der Waals surface area contributed by atoms with Crippen molar-refractivity contribution in [2.24, 2.45) is 5.92 Å². The van der Waals surface area contributed by atoms with Crippen molar-refractivity contribution in [3.8, 4) is 0 Å². The van der Waals surface area contributed by atoms with Crippen molar-refractivity contribution in [1.82, 2.24) is 9.80 Å². The number of amides is 1. The molecule has 1 amide bonds. The molecule has 0 aromatic heterocycles. The SMILES string of the molecule is O=C([C@H]1C[C@H]1c1ccc(Cl)cc1)N1CCN(C2CC2)CC1. The first kappa shape index (κ1) is 13.6. The minimum Gasteiger partial charge on any atom is -0.340 e. The lowest BCUT2D eigenvalue weighted by atomic mass is 10.1. The number of nitrogens with zero attached hydrogens (tertiary/aromatic N) is 2. The van der Waals surface area contributed by atoms with Gasteiger partial charge in [0.15, 0.2) is 0 Å². The monoisotopic (exact) mass is 304 g/mol. The van der Waals surface area contributed by atoms with Gasteiger partial charge in [0.25, 0.3) is 0 Å². The zero-order valence-electron chi connectivity index (χ0n) is 12.2. The van der Waals surface area contributed by atoms with Gasteiger partial charge in [0.1, 0.15) is 0 Å². The number of piperazine rings is 1. The highest BCUT2D eigenvalue weighted by atomic mass is 35.5. The molecule has 2 atom stereocenters. The topological polar surface area (TPSA) is 23.6 Å². The van der Waals surface area contributed by atoms with Crippen LogP contribution in [-0.2, 0) is 4.79 Å². The maximum Gasteiger partial charge on any atom is 0.226 e. The highest BCUT2D eigenvalue weighted by Crippen LogP contribution is 2.48. The van der Waals surface area contributed by atoms with E-state index in [0.29, 0.717) is 11.8 Å². The first-order chi connectivity index (χ1) is 10.2. The summed E-state index contributed by atoms with van der Waals surface area (Å²) < 4.78 is 0. The molecular formula is C17H21ClN2O. The zero-order valence-corrected chi connectivity index (χ0v) is 12.9. The van der Waals surface area contributed by atoms with Gasteiger partial charge in [-0.3, -0.25) is 9.69 Å². The lowest BCUT2D eigenvalue weighted by molar-refractivity contribution is -0.134. The number of hydrogen-bond donors (Lipinski definition) is 0. The molecule has 3 aliphatic rings. The molecule has 1 aliphatic heterocycles. The van der Waals surface area contributed by atoms with Crippen molar-refractivity contribution in [1.29, 1.82) is 0 Å². The summed E-state index contributed by atoms with van der Waals surface area (Å²) in [6, 6.07) is 8.79. The molecule has 0 unspecified atom stereocenters. The number of carbonyl (C=O) groups is 1. The van der Waals surface area contributed by atoms with Crippen molar-refractivity contribution in [3.63, 3.8) is 0 Å². The number of benzene rings is 1. The van der Waals surface area contributed by atoms with Gasteiger partial charge in [0.05, 0.1) is 0 Å². The normalized spacial score (nSPS) is 29.5. The van der Waals surface area contributed by atoms with E-state index in [9.17, 15) is 4.79 Å². The van der Waals surface area contributed by atoms with Gasteiger partial charge in [-0.2, -0.15) is 0 Å². The number of hydrogen-bond acceptors (Lipinski definition) is 2. The molecule has 0 bridgehead atoms. The van der Waals surface area contributed by atoms with Gasteiger partial charge in [-0.15, -0.1) is 0 Å². The Bertz CT molecular complexity index is 532. The van der Waals surface area contributed by atoms with Gasteiger partial charge >= 0.3 is 0 Å². The average molecular weight is 305 g/mol. The van der Waals surface area contributed by atoms with Crippen molar-refractivity contribution >= 4 is 17.5 Å². The Morgan fingerprint density at radius 1 is 1.05 bits per heavy atom. The van der Waals surface area contributed by atoms with Gasteiger partial charge in [-0.25, -0.2) is 0 Å². The lowest BCUT2D eigenvalue weighted by Crippen LogP contribution is -2.49. The number of carbonyl (C=O) groups excluding carboxylic acids is 1. The molecule has 112 valence electrons. The number of halogens is 1. The third-order valence-corrected chi connectivity index (χ3v) is 5.35. The van der Waals surface area contributed by atoms with Crippen LogP contribution in [0, 0.1) is 5.92 Å². The van der Waals surface area contributed by atoms with Crippen LogP contribution in [0.3, 0.4) is 0 Å². The van der Waals surface area contributed by atoms with Crippen LogP contribution >= 0.6 is 11.6 Å². The highest BCUT2D eigenvalue weighted by Gasteiger charge is 2.46. The van der Waals surface area contributed by atoms with Crippen LogP contribution in [0.1, 0.15) is 30.7 Å². The Kier molecular flexibility index (Phi) is 3.43. The fraction of sp³-hybridized carbons (Fsp3) is 0.588. The van der Waals surface area contributed by atoms with E-state index in [4.69, 9.17) is 11.6 Å². The van der Waals surface area contributed by atoms with Gasteiger partial charge < -0.3 is 4.90 Å². The van der Waals surface area contributed by atoms with Crippen molar-refractivity contribution in [2.45, 2.75) is 31.2 Å². The van der Waals surface area contributed by atoms with E-state index < -0.39 is 0 Å². The Balaban J connectivity index is 1.33. The van der Waals surface area contributed by atoms with E-state index in [1.807, 2.05) is 12.1 Å². The van der Waals surface area contributed by atoms with Crippen LogP contribution in [-0.4, -0.2) is 47.9 Å². The molecule has 0 N–H and O–H groups in total. The molecule has 0 radical (unpaired) electrons. The third-order valence-electron chi connectivity index (χ3n) is 5.10. The summed E-state index contributed by atoms with van der Waals surface area (Å²) in [4.78, 5) is 17.2. The van der Waals surface area contributed by atoms with E-state index in [0.717, 1.165) is 43.7 Å². The van der Waals surface area contributed by atoms with Crippen molar-refractivity contribution in [2.75, 3.05) is 26.2 Å². The van der Waals surface area contributed by atoms with E-state index >= 15 is 0 Å². The second-order valence-electron chi connectivity index (χ2n) is 6.59. The van der Waals surface area contributed by atoms with E-state index in [1.54, 1.807) is 0 Å². The van der Waals surface area contributed by atoms with E-state index in [1.165, 1.54) is 18.4 Å². The molecule has 2 aliphatic carbocycles. The summed E-state index contributed by atoms with van der Waals surface area (Å²) in [7, 11) is 0. The van der Waals surface area contributed by atoms with Gasteiger partial charge in [0, 0.05) is 43.2 Å². The first-order valence-electron chi connectivity index (χ1n) is 8.00. The minimum atomic E-state index is 0.207. The van der Waals surface area contributed by atoms with E-state index in [2.05, 4.69) is 21.9 Å². The smallest absolute Gasteiger partial charge is 0.226 e. The number of rotatable bonds is 3. The van der Waals surface area contributed by atoms with Crippen LogP contribution in [0.2, 0.25) is 5.02 Å². The molecule has 21 heavy (non-hydrogen) atoms. The van der Waals surface area contributed by atoms with Crippen molar-refractivity contribution < 1.29 is 4.79 Å². The van der Waals surface area contributed by atoms with Gasteiger partial charge in [-0.1, -0.05) is 23.7 Å². The third kappa shape index (κ3) is 2.82. The Morgan fingerprint density at radius 3 is 2.33 bits per heavy atom. The Morgan fingerprint density at radius 2 is 1.71 bits per heavy atom. The minimum absolute atomic E-state index is 0.207. The maximum atomic E-state index is 12.6. The predicted molar refractivity (Wildman–Crippen MR) is 83.5 cm³/mol. The lowest BCUT2D eigenvalue weighted by Gasteiger charge is -2.35. The molecule has 1 heterocycles. The molecular weight excluding hydrogens is 284 g/mol. The van der Waals surface area contributed by atoms with Gasteiger partial charge in [0.2, 0.25) is 5.91 Å². The fourth-order valence-corrected chi connectivity index (χ4v) is 3.65. The molecule has 1 aromatic carbocycles. The van der Waals surface area contributed by atoms with Crippen LogP contribution in [0.15, 0.2) is 24.3 Å². The molecule has 4 heteroatoms. The molecule has 2 saturated carbocycles. The predicted octanol–water partition coefficient (Wildman–Crippen LogP) is 2.75. The fourth-order valence-electron chi connectivity index (χ4n) is 3.53. The quantitative estimate of drug-likeness (QED) is 0.857. The van der Waals surface area contributed by atoms with Crippen molar-refractivity contribution in [3.05, 3.63) is 34.9 Å². The average Bonchev–Trinajstić information content (AvgIpc) is 3.39.